The first-order valence-corrected chi connectivity index (χ1v) is 12.7. The van der Waals surface area contributed by atoms with Crippen molar-refractivity contribution < 1.29 is 23.0 Å². The molecule has 0 amide bonds. The van der Waals surface area contributed by atoms with Crippen LogP contribution in [0.3, 0.4) is 0 Å². The van der Waals surface area contributed by atoms with E-state index < -0.39 is 12.2 Å². The third kappa shape index (κ3) is 6.15. The van der Waals surface area contributed by atoms with Gasteiger partial charge in [0.15, 0.2) is 5.82 Å². The maximum absolute atomic E-state index is 14.2. The molecule has 0 atom stereocenters. The molecular weight excluding hydrogens is 526 g/mol. The SMILES string of the molecule is COc1cccc2c1nc(C(F)F)n2-c1nc(Nc2cnc(OCCCN(C)C)nc2)nc(N2CCOCC2)n1. The Kier molecular flexibility index (Phi) is 8.40. The number of imidazole rings is 1. The summed E-state index contributed by atoms with van der Waals surface area (Å²) in [5.74, 6) is 0.262. The van der Waals surface area contributed by atoms with Crippen molar-refractivity contribution >= 4 is 28.6 Å². The molecule has 5 rings (SSSR count). The number of alkyl halides is 2. The molecule has 1 N–H and O–H groups in total. The van der Waals surface area contributed by atoms with Gasteiger partial charge in [0.1, 0.15) is 11.3 Å². The van der Waals surface area contributed by atoms with Gasteiger partial charge in [0.25, 0.3) is 6.43 Å². The van der Waals surface area contributed by atoms with E-state index >= 15 is 0 Å². The topological polar surface area (TPSA) is 128 Å². The van der Waals surface area contributed by atoms with Crippen LogP contribution in [-0.4, -0.2) is 100 Å². The zero-order valence-corrected chi connectivity index (χ0v) is 22.4. The Hall–Kier alpha value is -4.24. The van der Waals surface area contributed by atoms with Gasteiger partial charge in [0.05, 0.1) is 50.5 Å². The van der Waals surface area contributed by atoms with Crippen molar-refractivity contribution in [2.75, 3.05) is 70.9 Å². The highest BCUT2D eigenvalue weighted by Crippen LogP contribution is 2.32. The summed E-state index contributed by atoms with van der Waals surface area (Å²) >= 11 is 0. The molecule has 4 aromatic rings. The Bertz CT molecular complexity index is 1430. The van der Waals surface area contributed by atoms with Crippen LogP contribution in [0, 0.1) is 0 Å². The number of methoxy groups -OCH3 is 1. The predicted octanol–water partition coefficient (Wildman–Crippen LogP) is 2.86. The van der Waals surface area contributed by atoms with Crippen LogP contribution in [0.4, 0.5) is 26.4 Å². The van der Waals surface area contributed by atoms with E-state index in [-0.39, 0.29) is 23.4 Å². The van der Waals surface area contributed by atoms with Crippen LogP contribution in [0.1, 0.15) is 18.7 Å². The number of para-hydroxylation sites is 1. The zero-order chi connectivity index (χ0) is 28.1. The number of fused-ring (bicyclic) bond motifs is 1. The first kappa shape index (κ1) is 27.3. The fourth-order valence-electron chi connectivity index (χ4n) is 4.16. The number of halogens is 2. The summed E-state index contributed by atoms with van der Waals surface area (Å²) in [6.45, 7) is 3.42. The maximum Gasteiger partial charge on any atom is 0.316 e. The molecule has 1 aliphatic heterocycles. The lowest BCUT2D eigenvalue weighted by atomic mass is 10.3. The average molecular weight is 557 g/mol. The number of hydrogen-bond acceptors (Lipinski definition) is 12. The number of nitrogens with zero attached hydrogens (tertiary/aromatic N) is 9. The van der Waals surface area contributed by atoms with Crippen LogP contribution in [0.25, 0.3) is 17.0 Å². The molecule has 1 fully saturated rings. The van der Waals surface area contributed by atoms with E-state index in [4.69, 9.17) is 14.2 Å². The van der Waals surface area contributed by atoms with E-state index in [2.05, 4.69) is 40.1 Å². The van der Waals surface area contributed by atoms with Gasteiger partial charge in [-0.05, 0) is 32.6 Å². The first-order valence-electron chi connectivity index (χ1n) is 12.7. The first-order chi connectivity index (χ1) is 19.4. The second-order valence-corrected chi connectivity index (χ2v) is 9.18. The monoisotopic (exact) mass is 556 g/mol. The fraction of sp³-hybridized carbons (Fsp3) is 0.440. The van der Waals surface area contributed by atoms with E-state index in [1.54, 1.807) is 18.2 Å². The fourth-order valence-corrected chi connectivity index (χ4v) is 4.16. The third-order valence-electron chi connectivity index (χ3n) is 6.06. The van der Waals surface area contributed by atoms with Gasteiger partial charge in [0.2, 0.25) is 17.8 Å². The molecule has 15 heteroatoms. The number of morpholine rings is 1. The van der Waals surface area contributed by atoms with Gasteiger partial charge in [-0.1, -0.05) is 6.07 Å². The van der Waals surface area contributed by atoms with Gasteiger partial charge in [-0.15, -0.1) is 0 Å². The van der Waals surface area contributed by atoms with E-state index in [1.165, 1.54) is 24.1 Å². The van der Waals surface area contributed by atoms with Crippen LogP contribution in [0.5, 0.6) is 11.8 Å². The van der Waals surface area contributed by atoms with Crippen molar-refractivity contribution in [3.63, 3.8) is 0 Å². The van der Waals surface area contributed by atoms with Crippen LogP contribution < -0.4 is 19.7 Å². The second kappa shape index (κ2) is 12.3. The lowest BCUT2D eigenvalue weighted by molar-refractivity contribution is 0.122. The minimum absolute atomic E-state index is 0.0215. The van der Waals surface area contributed by atoms with Crippen molar-refractivity contribution in [2.24, 2.45) is 0 Å². The largest absolute Gasteiger partial charge is 0.494 e. The van der Waals surface area contributed by atoms with Gasteiger partial charge in [0, 0.05) is 19.6 Å². The Morgan fingerprint density at radius 3 is 2.50 bits per heavy atom. The molecule has 212 valence electrons. The summed E-state index contributed by atoms with van der Waals surface area (Å²) in [5, 5.41) is 3.06. The van der Waals surface area contributed by atoms with Crippen LogP contribution in [0.2, 0.25) is 0 Å². The highest BCUT2D eigenvalue weighted by Gasteiger charge is 2.26. The quantitative estimate of drug-likeness (QED) is 0.273. The predicted molar refractivity (Wildman–Crippen MR) is 143 cm³/mol. The second-order valence-electron chi connectivity index (χ2n) is 9.18. The van der Waals surface area contributed by atoms with Gasteiger partial charge in [-0.3, -0.25) is 4.57 Å². The summed E-state index contributed by atoms with van der Waals surface area (Å²) in [7, 11) is 5.45. The summed E-state index contributed by atoms with van der Waals surface area (Å²) in [6.07, 6.45) is 1.02. The Labute approximate surface area is 229 Å². The molecule has 1 aromatic carbocycles. The number of rotatable bonds is 11. The third-order valence-corrected chi connectivity index (χ3v) is 6.06. The Morgan fingerprint density at radius 1 is 1.05 bits per heavy atom. The van der Waals surface area contributed by atoms with Gasteiger partial charge in [-0.2, -0.15) is 15.0 Å². The van der Waals surface area contributed by atoms with Gasteiger partial charge < -0.3 is 29.3 Å². The molecule has 0 aliphatic carbocycles. The molecule has 4 heterocycles. The van der Waals surface area contributed by atoms with Gasteiger partial charge >= 0.3 is 6.01 Å². The number of benzene rings is 1. The summed E-state index contributed by atoms with van der Waals surface area (Å²) in [6, 6.07) is 5.26. The van der Waals surface area contributed by atoms with E-state index in [0.717, 1.165) is 13.0 Å². The maximum atomic E-state index is 14.2. The van der Waals surface area contributed by atoms with Crippen molar-refractivity contribution in [3.05, 3.63) is 36.4 Å². The normalized spacial score (nSPS) is 13.8. The number of anilines is 3. The van der Waals surface area contributed by atoms with Crippen molar-refractivity contribution in [2.45, 2.75) is 12.8 Å². The van der Waals surface area contributed by atoms with E-state index in [9.17, 15) is 8.78 Å². The van der Waals surface area contributed by atoms with Crippen LogP contribution in [-0.2, 0) is 4.74 Å². The Balaban J connectivity index is 1.49. The molecule has 0 bridgehead atoms. The number of nitrogens with one attached hydrogen (secondary N) is 1. The number of aromatic nitrogens is 7. The van der Waals surface area contributed by atoms with Crippen molar-refractivity contribution in [3.8, 4) is 17.7 Å². The summed E-state index contributed by atoms with van der Waals surface area (Å²) in [5.41, 5.74) is 1.13. The molecule has 1 saturated heterocycles. The lowest BCUT2D eigenvalue weighted by Crippen LogP contribution is -2.37. The van der Waals surface area contributed by atoms with Crippen molar-refractivity contribution in [1.82, 2.24) is 39.4 Å². The van der Waals surface area contributed by atoms with Crippen LogP contribution in [0.15, 0.2) is 30.6 Å². The average Bonchev–Trinajstić information content (AvgIpc) is 3.37. The highest BCUT2D eigenvalue weighted by molar-refractivity contribution is 5.84. The zero-order valence-electron chi connectivity index (χ0n) is 22.4. The smallest absolute Gasteiger partial charge is 0.316 e. The summed E-state index contributed by atoms with van der Waals surface area (Å²) < 4.78 is 46.0. The van der Waals surface area contributed by atoms with E-state index in [1.807, 2.05) is 19.0 Å². The molecule has 0 saturated carbocycles. The minimum Gasteiger partial charge on any atom is -0.494 e. The minimum atomic E-state index is -2.89. The van der Waals surface area contributed by atoms with Crippen molar-refractivity contribution in [1.29, 1.82) is 0 Å². The molecule has 13 nitrogen and oxygen atoms in total. The van der Waals surface area contributed by atoms with Gasteiger partial charge in [-0.25, -0.2) is 23.7 Å². The molecular formula is C25H30F2N10O3. The lowest BCUT2D eigenvalue weighted by Gasteiger charge is -2.27. The van der Waals surface area contributed by atoms with E-state index in [0.29, 0.717) is 55.8 Å². The highest BCUT2D eigenvalue weighted by atomic mass is 19.3. The Morgan fingerprint density at radius 2 is 1.80 bits per heavy atom. The molecule has 3 aromatic heterocycles. The molecule has 1 aliphatic rings. The summed E-state index contributed by atoms with van der Waals surface area (Å²) in [4.78, 5) is 30.2. The molecule has 0 spiro atoms. The molecule has 40 heavy (non-hydrogen) atoms. The number of hydrogen-bond donors (Lipinski definition) is 1. The number of ether oxygens (including phenoxy) is 3. The molecule has 0 radical (unpaired) electrons. The standard InChI is InChI=1S/C25H30F2N10O3/c1-35(2)8-5-11-40-25-28-14-16(15-29-25)30-22-32-23(36-9-12-39-13-10-36)34-24(33-22)37-17-6-4-7-18(38-3)19(17)31-21(37)20(26)27/h4,6-7,14-15,20H,5,8-13H2,1-3H3,(H,30,32,33,34). The van der Waals surface area contributed by atoms with Crippen LogP contribution >= 0.6 is 0 Å². The molecule has 0 unspecified atom stereocenters.